The monoisotopic (exact) mass is 349 g/mol. The van der Waals surface area contributed by atoms with Gasteiger partial charge < -0.3 is 5.73 Å². The molecule has 3 rings (SSSR count). The molecule has 0 unspecified atom stereocenters. The standard InChI is InChI=1S/C15H12ClN3O3S/c16-10-5-7-11(8-6-10)19-14(20)12-3-1-2-4-13(12)18-15(19)23(21,22)9-17/h1-8H,9,17H2. The number of hydrogen-bond donors (Lipinski definition) is 1. The maximum atomic E-state index is 12.8. The summed E-state index contributed by atoms with van der Waals surface area (Å²) >= 11 is 5.85. The van der Waals surface area contributed by atoms with Crippen molar-refractivity contribution in [2.24, 2.45) is 5.73 Å². The molecule has 118 valence electrons. The van der Waals surface area contributed by atoms with Gasteiger partial charge in [0.15, 0.2) is 0 Å². The Hall–Kier alpha value is -2.22. The third-order valence-corrected chi connectivity index (χ3v) is 4.85. The predicted molar refractivity (Wildman–Crippen MR) is 88.6 cm³/mol. The van der Waals surface area contributed by atoms with Crippen molar-refractivity contribution in [1.82, 2.24) is 9.55 Å². The fraction of sp³-hybridized carbons (Fsp3) is 0.0667. The lowest BCUT2D eigenvalue weighted by Crippen LogP contribution is -2.29. The van der Waals surface area contributed by atoms with Gasteiger partial charge in [-0.05, 0) is 36.4 Å². The summed E-state index contributed by atoms with van der Waals surface area (Å²) in [5.41, 5.74) is 5.51. The van der Waals surface area contributed by atoms with Crippen LogP contribution in [0, 0.1) is 0 Å². The third-order valence-electron chi connectivity index (χ3n) is 3.33. The first-order valence-corrected chi connectivity index (χ1v) is 8.67. The van der Waals surface area contributed by atoms with Crippen LogP contribution in [0.25, 0.3) is 16.6 Å². The third kappa shape index (κ3) is 2.74. The lowest BCUT2D eigenvalue weighted by molar-refractivity contribution is 0.581. The molecule has 0 saturated heterocycles. The Kier molecular flexibility index (Phi) is 3.93. The number of nitrogens with zero attached hydrogens (tertiary/aromatic N) is 2. The highest BCUT2D eigenvalue weighted by atomic mass is 35.5. The van der Waals surface area contributed by atoms with Gasteiger partial charge in [0.1, 0.15) is 5.88 Å². The smallest absolute Gasteiger partial charge is 0.266 e. The highest BCUT2D eigenvalue weighted by Gasteiger charge is 2.23. The van der Waals surface area contributed by atoms with E-state index in [9.17, 15) is 13.2 Å². The van der Waals surface area contributed by atoms with Crippen LogP contribution in [0.15, 0.2) is 58.5 Å². The molecule has 0 aliphatic rings. The summed E-state index contributed by atoms with van der Waals surface area (Å²) in [7, 11) is -3.90. The molecule has 2 aromatic carbocycles. The van der Waals surface area contributed by atoms with Gasteiger partial charge in [-0.3, -0.25) is 9.36 Å². The quantitative estimate of drug-likeness (QED) is 0.726. The fourth-order valence-electron chi connectivity index (χ4n) is 2.21. The first-order valence-electron chi connectivity index (χ1n) is 6.64. The molecule has 0 aliphatic carbocycles. The summed E-state index contributed by atoms with van der Waals surface area (Å²) in [5.74, 6) is -0.647. The normalized spacial score (nSPS) is 11.7. The second-order valence-corrected chi connectivity index (χ2v) is 7.17. The summed E-state index contributed by atoms with van der Waals surface area (Å²) in [6.45, 7) is 0. The van der Waals surface area contributed by atoms with E-state index >= 15 is 0 Å². The van der Waals surface area contributed by atoms with Gasteiger partial charge in [-0.25, -0.2) is 13.4 Å². The minimum atomic E-state index is -3.90. The highest BCUT2D eigenvalue weighted by Crippen LogP contribution is 2.18. The molecule has 1 aromatic heterocycles. The van der Waals surface area contributed by atoms with Crippen LogP contribution in [0.4, 0.5) is 0 Å². The average molecular weight is 350 g/mol. The molecule has 8 heteroatoms. The zero-order valence-corrected chi connectivity index (χ0v) is 13.4. The van der Waals surface area contributed by atoms with Gasteiger partial charge in [-0.15, -0.1) is 0 Å². The van der Waals surface area contributed by atoms with Crippen molar-refractivity contribution in [3.63, 3.8) is 0 Å². The van der Waals surface area contributed by atoms with E-state index in [4.69, 9.17) is 17.3 Å². The van der Waals surface area contributed by atoms with Gasteiger partial charge in [0.2, 0.25) is 15.0 Å². The molecule has 0 radical (unpaired) electrons. The number of halogens is 1. The first-order chi connectivity index (χ1) is 10.9. The molecule has 23 heavy (non-hydrogen) atoms. The van der Waals surface area contributed by atoms with E-state index < -0.39 is 21.3 Å². The Morgan fingerprint density at radius 1 is 1.09 bits per heavy atom. The molecular formula is C15H12ClN3O3S. The molecule has 0 amide bonds. The zero-order chi connectivity index (χ0) is 16.6. The number of nitrogens with two attached hydrogens (primary N) is 1. The minimum Gasteiger partial charge on any atom is -0.317 e. The van der Waals surface area contributed by atoms with Crippen LogP contribution in [-0.4, -0.2) is 23.8 Å². The van der Waals surface area contributed by atoms with Crippen molar-refractivity contribution < 1.29 is 8.42 Å². The topological polar surface area (TPSA) is 95.1 Å². The van der Waals surface area contributed by atoms with Crippen LogP contribution in [0.5, 0.6) is 0 Å². The number of para-hydroxylation sites is 1. The molecule has 0 atom stereocenters. The maximum Gasteiger partial charge on any atom is 0.266 e. The predicted octanol–water partition coefficient (Wildman–Crippen LogP) is 1.73. The molecule has 6 nitrogen and oxygen atoms in total. The SMILES string of the molecule is NCS(=O)(=O)c1nc2ccccc2c(=O)n1-c1ccc(Cl)cc1. The molecule has 0 saturated carbocycles. The lowest BCUT2D eigenvalue weighted by Gasteiger charge is -2.13. The second-order valence-electron chi connectivity index (χ2n) is 4.81. The van der Waals surface area contributed by atoms with Crippen molar-refractivity contribution in [2.75, 3.05) is 5.88 Å². The molecule has 0 bridgehead atoms. The van der Waals surface area contributed by atoms with Gasteiger partial charge in [-0.1, -0.05) is 23.7 Å². The molecule has 0 fully saturated rings. The van der Waals surface area contributed by atoms with Crippen molar-refractivity contribution in [3.05, 3.63) is 63.9 Å². The van der Waals surface area contributed by atoms with E-state index in [1.165, 1.54) is 0 Å². The highest BCUT2D eigenvalue weighted by molar-refractivity contribution is 7.91. The van der Waals surface area contributed by atoms with E-state index in [0.29, 0.717) is 21.6 Å². The zero-order valence-electron chi connectivity index (χ0n) is 11.8. The molecule has 3 aromatic rings. The van der Waals surface area contributed by atoms with E-state index in [2.05, 4.69) is 4.98 Å². The van der Waals surface area contributed by atoms with Crippen LogP contribution in [0.2, 0.25) is 5.02 Å². The fourth-order valence-corrected chi connectivity index (χ4v) is 3.19. The van der Waals surface area contributed by atoms with E-state index in [1.807, 2.05) is 0 Å². The van der Waals surface area contributed by atoms with Crippen molar-refractivity contribution in [2.45, 2.75) is 5.16 Å². The van der Waals surface area contributed by atoms with Crippen molar-refractivity contribution >= 4 is 32.3 Å². The van der Waals surface area contributed by atoms with Gasteiger partial charge in [0.05, 0.1) is 16.6 Å². The molecular weight excluding hydrogens is 338 g/mol. The molecule has 0 aliphatic heterocycles. The molecule has 0 spiro atoms. The summed E-state index contributed by atoms with van der Waals surface area (Å²) in [6.07, 6.45) is 0. The van der Waals surface area contributed by atoms with Crippen LogP contribution in [0.3, 0.4) is 0 Å². The number of aromatic nitrogens is 2. The lowest BCUT2D eigenvalue weighted by atomic mass is 10.2. The van der Waals surface area contributed by atoms with Gasteiger partial charge in [0, 0.05) is 5.02 Å². The summed E-state index contributed by atoms with van der Waals surface area (Å²) in [6, 6.07) is 12.8. The number of benzene rings is 2. The Morgan fingerprint density at radius 3 is 2.39 bits per heavy atom. The Bertz CT molecular complexity index is 1040. The molecule has 1 heterocycles. The van der Waals surface area contributed by atoms with Crippen LogP contribution >= 0.6 is 11.6 Å². The minimum absolute atomic E-state index is 0.301. The van der Waals surface area contributed by atoms with Crippen molar-refractivity contribution in [3.8, 4) is 5.69 Å². The van der Waals surface area contributed by atoms with Gasteiger partial charge in [0.25, 0.3) is 5.56 Å². The van der Waals surface area contributed by atoms with Crippen LogP contribution < -0.4 is 11.3 Å². The average Bonchev–Trinajstić information content (AvgIpc) is 2.56. The number of rotatable bonds is 3. The second kappa shape index (κ2) is 5.77. The van der Waals surface area contributed by atoms with Crippen LogP contribution in [0.1, 0.15) is 0 Å². The first kappa shape index (κ1) is 15.7. The van der Waals surface area contributed by atoms with Gasteiger partial charge >= 0.3 is 0 Å². The van der Waals surface area contributed by atoms with E-state index in [0.717, 1.165) is 4.57 Å². The summed E-state index contributed by atoms with van der Waals surface area (Å²) in [4.78, 5) is 16.9. The summed E-state index contributed by atoms with van der Waals surface area (Å²) < 4.78 is 25.6. The Balaban J connectivity index is 2.47. The Morgan fingerprint density at radius 2 is 1.74 bits per heavy atom. The molecule has 2 N–H and O–H groups in total. The van der Waals surface area contributed by atoms with Gasteiger partial charge in [-0.2, -0.15) is 0 Å². The van der Waals surface area contributed by atoms with Crippen LogP contribution in [-0.2, 0) is 9.84 Å². The maximum absolute atomic E-state index is 12.8. The number of sulfone groups is 1. The Labute approximate surface area is 137 Å². The van der Waals surface area contributed by atoms with Crippen molar-refractivity contribution in [1.29, 1.82) is 0 Å². The number of fused-ring (bicyclic) bond motifs is 1. The van der Waals surface area contributed by atoms with E-state index in [-0.39, 0.29) is 5.16 Å². The largest absolute Gasteiger partial charge is 0.317 e. The summed E-state index contributed by atoms with van der Waals surface area (Å²) in [5, 5.41) is 0.406. The van der Waals surface area contributed by atoms with E-state index in [1.54, 1.807) is 48.5 Å². The number of hydrogen-bond acceptors (Lipinski definition) is 5.